The summed E-state index contributed by atoms with van der Waals surface area (Å²) >= 11 is 4.54. The van der Waals surface area contributed by atoms with Crippen molar-refractivity contribution in [2.24, 2.45) is 0 Å². The average molecular weight is 226 g/mol. The lowest BCUT2D eigenvalue weighted by Crippen LogP contribution is -2.28. The Morgan fingerprint density at radius 2 is 2.07 bits per heavy atom. The fraction of sp³-hybridized carbons (Fsp3) is 0.600. The van der Waals surface area contributed by atoms with E-state index in [0.29, 0.717) is 0 Å². The molecule has 0 unspecified atom stereocenters. The molecule has 15 heavy (non-hydrogen) atoms. The highest BCUT2D eigenvalue weighted by atomic mass is 32.1. The second-order valence-electron chi connectivity index (χ2n) is 3.55. The van der Waals surface area contributed by atoms with Crippen LogP contribution in [0.1, 0.15) is 32.1 Å². The molecular weight excluding hydrogens is 212 g/mol. The van der Waals surface area contributed by atoms with Crippen LogP contribution in [0.15, 0.2) is 0 Å². The van der Waals surface area contributed by atoms with Crippen LogP contribution in [0.3, 0.4) is 0 Å². The first-order valence-corrected chi connectivity index (χ1v) is 5.40. The number of nitrogens with one attached hydrogen (secondary N) is 2. The van der Waals surface area contributed by atoms with E-state index in [1.54, 1.807) is 0 Å². The second kappa shape index (κ2) is 5.70. The van der Waals surface area contributed by atoms with E-state index in [4.69, 9.17) is 15.9 Å². The van der Waals surface area contributed by atoms with Gasteiger partial charge in [-0.2, -0.15) is 4.79 Å². The molecule has 0 aliphatic heterocycles. The van der Waals surface area contributed by atoms with Crippen molar-refractivity contribution in [2.45, 2.75) is 38.2 Å². The molecule has 0 aromatic rings. The third-order valence-corrected chi connectivity index (χ3v) is 2.65. The molecule has 5 heteroatoms. The van der Waals surface area contributed by atoms with Crippen LogP contribution in [0.4, 0.5) is 0 Å². The maximum atomic E-state index is 11.5. The van der Waals surface area contributed by atoms with E-state index in [9.17, 15) is 4.79 Å². The standard InChI is InChI=1S/C10H14N2O2S/c11-6-8(9(12)15)10(13)14-7-4-2-1-3-5-7/h6-7,11H,1-5H2,(H-,12,15). The van der Waals surface area contributed by atoms with E-state index >= 15 is 0 Å². The zero-order valence-corrected chi connectivity index (χ0v) is 9.23. The van der Waals surface area contributed by atoms with Gasteiger partial charge in [-0.1, -0.05) is 18.6 Å². The van der Waals surface area contributed by atoms with Crippen LogP contribution in [0.5, 0.6) is 0 Å². The Hall–Kier alpha value is -1.10. The van der Waals surface area contributed by atoms with Gasteiger partial charge < -0.3 is 10.5 Å². The molecule has 0 spiro atoms. The van der Waals surface area contributed by atoms with Crippen molar-refractivity contribution in [1.29, 1.82) is 5.41 Å². The summed E-state index contributed by atoms with van der Waals surface area (Å²) < 4.78 is 5.17. The van der Waals surface area contributed by atoms with Crippen molar-refractivity contribution in [3.8, 4) is 0 Å². The summed E-state index contributed by atoms with van der Waals surface area (Å²) in [5, 5.41) is 6.97. The monoisotopic (exact) mass is 226 g/mol. The van der Waals surface area contributed by atoms with Crippen molar-refractivity contribution in [1.82, 2.24) is 0 Å². The lowest BCUT2D eigenvalue weighted by molar-refractivity contribution is -0.146. The topological polar surface area (TPSA) is 74.0 Å². The number of esters is 1. The van der Waals surface area contributed by atoms with Gasteiger partial charge in [-0.05, 0) is 25.7 Å². The summed E-state index contributed by atoms with van der Waals surface area (Å²) in [6, 6.07) is 0. The van der Waals surface area contributed by atoms with E-state index in [-0.39, 0.29) is 17.0 Å². The molecule has 0 aromatic carbocycles. The van der Waals surface area contributed by atoms with Crippen molar-refractivity contribution < 1.29 is 9.53 Å². The number of carbonyl (C=O) groups is 1. The summed E-state index contributed by atoms with van der Waals surface area (Å²) in [4.78, 5) is 11.1. The fourth-order valence-electron chi connectivity index (χ4n) is 1.62. The Bertz CT molecular complexity index is 262. The molecule has 1 fully saturated rings. The zero-order valence-electron chi connectivity index (χ0n) is 8.41. The Labute approximate surface area is 94.7 Å². The van der Waals surface area contributed by atoms with Crippen LogP contribution >= 0.6 is 12.2 Å². The number of hydrogen-bond acceptors (Lipinski definition) is 4. The fourth-order valence-corrected chi connectivity index (χ4v) is 1.76. The van der Waals surface area contributed by atoms with Crippen molar-refractivity contribution in [2.75, 3.05) is 0 Å². The van der Waals surface area contributed by atoms with Crippen LogP contribution in [0.25, 0.3) is 5.73 Å². The van der Waals surface area contributed by atoms with E-state index < -0.39 is 5.97 Å². The van der Waals surface area contributed by atoms with Gasteiger partial charge in [0.25, 0.3) is 5.92 Å². The van der Waals surface area contributed by atoms with Gasteiger partial charge in [0.15, 0.2) is 6.21 Å². The van der Waals surface area contributed by atoms with Crippen LogP contribution in [0.2, 0.25) is 0 Å². The van der Waals surface area contributed by atoms with Crippen LogP contribution in [0, 0.1) is 11.3 Å². The first-order chi connectivity index (χ1) is 7.15. The van der Waals surface area contributed by atoms with Gasteiger partial charge in [0.2, 0.25) is 0 Å². The summed E-state index contributed by atoms with van der Waals surface area (Å²) in [5.41, 5.74) is 7.12. The first kappa shape index (κ1) is 12.0. The molecule has 0 amide bonds. The minimum absolute atomic E-state index is 0.0597. The van der Waals surface area contributed by atoms with Gasteiger partial charge >= 0.3 is 5.97 Å². The van der Waals surface area contributed by atoms with E-state index in [1.165, 1.54) is 6.42 Å². The number of rotatable bonds is 4. The molecule has 82 valence electrons. The molecule has 1 aliphatic carbocycles. The molecule has 1 saturated carbocycles. The molecule has 0 radical (unpaired) electrons. The Morgan fingerprint density at radius 1 is 1.47 bits per heavy atom. The van der Waals surface area contributed by atoms with Crippen molar-refractivity contribution in [3.63, 3.8) is 0 Å². The molecule has 1 rings (SSSR count). The van der Waals surface area contributed by atoms with Crippen LogP contribution in [-0.2, 0) is 9.53 Å². The van der Waals surface area contributed by atoms with Gasteiger partial charge in [0.1, 0.15) is 11.1 Å². The molecule has 0 saturated heterocycles. The second-order valence-corrected chi connectivity index (χ2v) is 3.96. The molecule has 0 heterocycles. The Balaban J connectivity index is 2.45. The highest BCUT2D eigenvalue weighted by molar-refractivity contribution is 7.81. The van der Waals surface area contributed by atoms with E-state index in [0.717, 1.165) is 31.9 Å². The molecule has 2 N–H and O–H groups in total. The number of hydrogen-bond donors (Lipinski definition) is 1. The third kappa shape index (κ3) is 3.51. The highest BCUT2D eigenvalue weighted by Gasteiger charge is 2.34. The Morgan fingerprint density at radius 3 is 2.53 bits per heavy atom. The van der Waals surface area contributed by atoms with Gasteiger partial charge in [0, 0.05) is 0 Å². The van der Waals surface area contributed by atoms with E-state index in [2.05, 4.69) is 12.2 Å². The summed E-state index contributed by atoms with van der Waals surface area (Å²) in [6.07, 6.45) is 5.82. The largest absolute Gasteiger partial charge is 0.650 e. The minimum Gasteiger partial charge on any atom is -0.650 e. The molecule has 1 aliphatic rings. The lowest BCUT2D eigenvalue weighted by atomic mass is 9.97. The summed E-state index contributed by atoms with van der Waals surface area (Å²) in [7, 11) is 0. The Kier molecular flexibility index (Phi) is 4.55. The zero-order chi connectivity index (χ0) is 11.3. The maximum Gasteiger partial charge on any atom is 0.511 e. The lowest BCUT2D eigenvalue weighted by Gasteiger charge is -2.20. The van der Waals surface area contributed by atoms with Gasteiger partial charge in [0.05, 0.1) is 0 Å². The first-order valence-electron chi connectivity index (χ1n) is 4.99. The predicted octanol–water partition coefficient (Wildman–Crippen LogP) is 2.47. The average Bonchev–Trinajstić information content (AvgIpc) is 2.19. The maximum absolute atomic E-state index is 11.5. The smallest absolute Gasteiger partial charge is 0.511 e. The number of thiocarbonyl (C=S) groups is 1. The number of ether oxygens (including phenoxy) is 1. The summed E-state index contributed by atoms with van der Waals surface area (Å²) in [5.74, 6) is -0.757. The number of carbonyl (C=O) groups excluding carboxylic acids is 1. The van der Waals surface area contributed by atoms with Gasteiger partial charge in [-0.25, -0.2) is 0 Å². The van der Waals surface area contributed by atoms with Crippen molar-refractivity contribution in [3.05, 3.63) is 11.7 Å². The molecule has 4 nitrogen and oxygen atoms in total. The van der Waals surface area contributed by atoms with E-state index in [1.807, 2.05) is 0 Å². The SMILES string of the molecule is N=C[C+](C(=O)OC1CCCCC1)C([NH-])=S. The molecule has 0 aromatic heterocycles. The molecule has 0 atom stereocenters. The quantitative estimate of drug-likeness (QED) is 0.346. The molecular formula is C10H14N2O2S. The van der Waals surface area contributed by atoms with Gasteiger partial charge in [-0.15, -0.1) is 0 Å². The predicted molar refractivity (Wildman–Crippen MR) is 61.9 cm³/mol. The summed E-state index contributed by atoms with van der Waals surface area (Å²) in [6.45, 7) is 0. The normalized spacial score (nSPS) is 16.8. The van der Waals surface area contributed by atoms with Crippen LogP contribution < -0.4 is 0 Å². The molecule has 0 bridgehead atoms. The van der Waals surface area contributed by atoms with Crippen LogP contribution in [-0.4, -0.2) is 23.3 Å². The highest BCUT2D eigenvalue weighted by Crippen LogP contribution is 2.21. The minimum atomic E-state index is -0.628. The van der Waals surface area contributed by atoms with Crippen molar-refractivity contribution >= 4 is 29.4 Å². The third-order valence-electron chi connectivity index (χ3n) is 2.43. The van der Waals surface area contributed by atoms with Gasteiger partial charge in [-0.3, -0.25) is 5.41 Å².